The smallest absolute Gasteiger partial charge is 0.0159 e. The summed E-state index contributed by atoms with van der Waals surface area (Å²) in [6, 6.07) is 77.2. The molecular formula is C59H40. The molecule has 0 aromatic heterocycles. The van der Waals surface area contributed by atoms with Gasteiger partial charge in [-0.3, -0.25) is 0 Å². The first kappa shape index (κ1) is 33.8. The Morgan fingerprint density at radius 1 is 0.254 bits per heavy atom. The van der Waals surface area contributed by atoms with Gasteiger partial charge >= 0.3 is 0 Å². The first-order valence-electron chi connectivity index (χ1n) is 20.7. The Morgan fingerprint density at radius 2 is 0.780 bits per heavy atom. The SMILES string of the molecule is CC1(C)c2ccccc2-c2ccc(-c3ccc4c(-c5ccc(-c6ccc7ccccc7c6)cc5)c5ccccc5c(-c5cc6ccccc6c6ccccc56)c4c3)cc21. The highest BCUT2D eigenvalue weighted by Gasteiger charge is 2.35. The van der Waals surface area contributed by atoms with E-state index in [4.69, 9.17) is 0 Å². The number of rotatable bonds is 4. The van der Waals surface area contributed by atoms with Gasteiger partial charge in [-0.25, -0.2) is 0 Å². The van der Waals surface area contributed by atoms with E-state index in [1.807, 2.05) is 0 Å². The topological polar surface area (TPSA) is 0 Å². The molecule has 0 fully saturated rings. The Bertz CT molecular complexity index is 3510. The Morgan fingerprint density at radius 3 is 1.59 bits per heavy atom. The zero-order chi connectivity index (χ0) is 39.2. The lowest BCUT2D eigenvalue weighted by molar-refractivity contribution is 0.660. The molecule has 276 valence electrons. The molecule has 0 atom stereocenters. The molecule has 0 saturated heterocycles. The molecule has 0 amide bonds. The van der Waals surface area contributed by atoms with Crippen LogP contribution in [0.1, 0.15) is 25.0 Å². The maximum absolute atomic E-state index is 2.48. The predicted octanol–water partition coefficient (Wildman–Crippen LogP) is 16.4. The zero-order valence-electron chi connectivity index (χ0n) is 33.1. The minimum atomic E-state index is -0.0731. The van der Waals surface area contributed by atoms with E-state index >= 15 is 0 Å². The molecule has 0 heteroatoms. The minimum Gasteiger partial charge on any atom is -0.0619 e. The van der Waals surface area contributed by atoms with Crippen molar-refractivity contribution in [2.45, 2.75) is 19.3 Å². The van der Waals surface area contributed by atoms with E-state index in [9.17, 15) is 0 Å². The van der Waals surface area contributed by atoms with Gasteiger partial charge in [-0.15, -0.1) is 0 Å². The van der Waals surface area contributed by atoms with Gasteiger partial charge in [0.1, 0.15) is 0 Å². The summed E-state index contributed by atoms with van der Waals surface area (Å²) in [7, 11) is 0. The molecule has 0 heterocycles. The number of benzene rings is 11. The molecule has 0 saturated carbocycles. The van der Waals surface area contributed by atoms with E-state index in [0.717, 1.165) is 0 Å². The van der Waals surface area contributed by atoms with Gasteiger partial charge in [0, 0.05) is 5.41 Å². The predicted molar refractivity (Wildman–Crippen MR) is 253 cm³/mol. The van der Waals surface area contributed by atoms with Crippen LogP contribution in [-0.2, 0) is 5.41 Å². The highest BCUT2D eigenvalue weighted by atomic mass is 14.4. The Kier molecular flexibility index (Phi) is 7.38. The van der Waals surface area contributed by atoms with Gasteiger partial charge in [0.15, 0.2) is 0 Å². The highest BCUT2D eigenvalue weighted by molar-refractivity contribution is 6.26. The molecule has 0 N–H and O–H groups in total. The largest absolute Gasteiger partial charge is 0.0619 e. The highest BCUT2D eigenvalue weighted by Crippen LogP contribution is 2.51. The summed E-state index contributed by atoms with van der Waals surface area (Å²) in [5.74, 6) is 0. The molecule has 12 rings (SSSR count). The van der Waals surface area contributed by atoms with Crippen LogP contribution >= 0.6 is 0 Å². The molecule has 0 bridgehead atoms. The van der Waals surface area contributed by atoms with Crippen molar-refractivity contribution in [1.82, 2.24) is 0 Å². The lowest BCUT2D eigenvalue weighted by Crippen LogP contribution is -2.14. The third kappa shape index (κ3) is 5.16. The van der Waals surface area contributed by atoms with Crippen molar-refractivity contribution in [2.75, 3.05) is 0 Å². The lowest BCUT2D eigenvalue weighted by Gasteiger charge is -2.22. The minimum absolute atomic E-state index is 0.0731. The quantitative estimate of drug-likeness (QED) is 0.124. The number of hydrogen-bond donors (Lipinski definition) is 0. The first-order valence-corrected chi connectivity index (χ1v) is 20.7. The maximum atomic E-state index is 2.48. The number of hydrogen-bond acceptors (Lipinski definition) is 0. The average Bonchev–Trinajstić information content (AvgIpc) is 3.53. The summed E-state index contributed by atoms with van der Waals surface area (Å²) in [6.45, 7) is 4.74. The molecule has 59 heavy (non-hydrogen) atoms. The molecule has 0 nitrogen and oxygen atoms in total. The van der Waals surface area contributed by atoms with Crippen molar-refractivity contribution >= 4 is 53.9 Å². The maximum Gasteiger partial charge on any atom is 0.0159 e. The first-order chi connectivity index (χ1) is 29.0. The van der Waals surface area contributed by atoms with Crippen LogP contribution in [0.25, 0.3) is 109 Å². The van der Waals surface area contributed by atoms with Gasteiger partial charge in [0.05, 0.1) is 0 Å². The van der Waals surface area contributed by atoms with Gasteiger partial charge in [-0.05, 0) is 145 Å². The summed E-state index contributed by atoms with van der Waals surface area (Å²) >= 11 is 0. The Balaban J connectivity index is 1.12. The fraction of sp³-hybridized carbons (Fsp3) is 0.0508. The fourth-order valence-corrected chi connectivity index (χ4v) is 10.3. The monoisotopic (exact) mass is 748 g/mol. The van der Waals surface area contributed by atoms with Crippen LogP contribution in [0.15, 0.2) is 206 Å². The van der Waals surface area contributed by atoms with E-state index in [1.165, 1.54) is 121 Å². The van der Waals surface area contributed by atoms with Crippen molar-refractivity contribution < 1.29 is 0 Å². The van der Waals surface area contributed by atoms with E-state index in [-0.39, 0.29) is 5.41 Å². The van der Waals surface area contributed by atoms with Crippen LogP contribution < -0.4 is 0 Å². The van der Waals surface area contributed by atoms with Crippen molar-refractivity contribution in [2.24, 2.45) is 0 Å². The third-order valence-corrected chi connectivity index (χ3v) is 13.2. The molecule has 0 radical (unpaired) electrons. The van der Waals surface area contributed by atoms with Gasteiger partial charge in [-0.2, -0.15) is 0 Å². The molecule has 1 aliphatic carbocycles. The van der Waals surface area contributed by atoms with Gasteiger partial charge < -0.3 is 0 Å². The number of fused-ring (bicyclic) bond motifs is 9. The molecular weight excluding hydrogens is 709 g/mol. The van der Waals surface area contributed by atoms with E-state index < -0.39 is 0 Å². The second kappa shape index (κ2) is 12.9. The fourth-order valence-electron chi connectivity index (χ4n) is 10.3. The molecule has 0 aliphatic heterocycles. The normalized spacial score (nSPS) is 13.1. The molecule has 11 aromatic carbocycles. The van der Waals surface area contributed by atoms with Crippen molar-refractivity contribution in [3.63, 3.8) is 0 Å². The lowest BCUT2D eigenvalue weighted by atomic mass is 9.81. The van der Waals surface area contributed by atoms with Crippen molar-refractivity contribution in [3.05, 3.63) is 217 Å². The average molecular weight is 749 g/mol. The Hall–Kier alpha value is -7.28. The van der Waals surface area contributed by atoms with Gasteiger partial charge in [0.25, 0.3) is 0 Å². The van der Waals surface area contributed by atoms with Crippen LogP contribution in [0.2, 0.25) is 0 Å². The van der Waals surface area contributed by atoms with Crippen LogP contribution in [-0.4, -0.2) is 0 Å². The Labute approximate surface area is 344 Å². The van der Waals surface area contributed by atoms with E-state index in [1.54, 1.807) is 0 Å². The molecule has 1 aliphatic rings. The summed E-state index contributed by atoms with van der Waals surface area (Å²) in [4.78, 5) is 0. The van der Waals surface area contributed by atoms with Gasteiger partial charge in [-0.1, -0.05) is 196 Å². The third-order valence-electron chi connectivity index (χ3n) is 13.2. The summed E-state index contributed by atoms with van der Waals surface area (Å²) in [6.07, 6.45) is 0. The van der Waals surface area contributed by atoms with E-state index in [0.29, 0.717) is 0 Å². The van der Waals surface area contributed by atoms with Crippen LogP contribution in [0.3, 0.4) is 0 Å². The van der Waals surface area contributed by atoms with E-state index in [2.05, 4.69) is 220 Å². The summed E-state index contributed by atoms with van der Waals surface area (Å²) in [5.41, 5.74) is 15.4. The second-order valence-corrected chi connectivity index (χ2v) is 16.8. The van der Waals surface area contributed by atoms with Crippen LogP contribution in [0.4, 0.5) is 0 Å². The van der Waals surface area contributed by atoms with Gasteiger partial charge in [0.2, 0.25) is 0 Å². The van der Waals surface area contributed by atoms with Crippen molar-refractivity contribution in [1.29, 1.82) is 0 Å². The van der Waals surface area contributed by atoms with Crippen LogP contribution in [0.5, 0.6) is 0 Å². The molecule has 0 unspecified atom stereocenters. The van der Waals surface area contributed by atoms with Crippen molar-refractivity contribution in [3.8, 4) is 55.6 Å². The second-order valence-electron chi connectivity index (χ2n) is 16.8. The summed E-state index contributed by atoms with van der Waals surface area (Å²) in [5, 5.41) is 12.6. The summed E-state index contributed by atoms with van der Waals surface area (Å²) < 4.78 is 0. The molecule has 11 aromatic rings. The molecule has 0 spiro atoms. The van der Waals surface area contributed by atoms with Crippen LogP contribution in [0, 0.1) is 0 Å². The zero-order valence-corrected chi connectivity index (χ0v) is 33.1. The standard InChI is InChI=1S/C59H40/c1-59(2)55-22-12-11-19-48(55)49-31-29-43(36-56(49)59)42-30-32-52-54(34-42)58(53-35-44-15-5-6-16-45(44)46-17-7-8-18-47(46)53)51-21-10-9-20-50(51)57(52)39-26-23-38(24-27-39)41-28-25-37-13-3-4-14-40(37)33-41/h3-36H,1-2H3.